The van der Waals surface area contributed by atoms with E-state index >= 15 is 0 Å². The fourth-order valence-corrected chi connectivity index (χ4v) is 3.65. The van der Waals surface area contributed by atoms with E-state index in [-0.39, 0.29) is 79.8 Å². The third kappa shape index (κ3) is 6.79. The number of hydrogen-bond acceptors (Lipinski definition) is 6. The van der Waals surface area contributed by atoms with Crippen LogP contribution < -0.4 is 66.5 Å². The molecule has 12 heteroatoms. The van der Waals surface area contributed by atoms with Gasteiger partial charge in [0.1, 0.15) is 5.58 Å². The first-order valence-electron chi connectivity index (χ1n) is 9.41. The number of aryl methyl sites for hydroxylation is 1. The zero-order chi connectivity index (χ0) is 23.6. The van der Waals surface area contributed by atoms with Crippen LogP contribution in [0.3, 0.4) is 0 Å². The number of benzene rings is 2. The number of nitrogens with one attached hydrogen (secondary N) is 1. The predicted molar refractivity (Wildman–Crippen MR) is 122 cm³/mol. The van der Waals surface area contributed by atoms with Gasteiger partial charge in [0, 0.05) is 37.5 Å². The molecule has 0 saturated carbocycles. The Morgan fingerprint density at radius 3 is 2.58 bits per heavy atom. The third-order valence-corrected chi connectivity index (χ3v) is 5.94. The van der Waals surface area contributed by atoms with Crippen LogP contribution in [-0.4, -0.2) is 40.6 Å². The van der Waals surface area contributed by atoms with E-state index in [9.17, 15) is 18.0 Å². The van der Waals surface area contributed by atoms with Crippen molar-refractivity contribution in [1.82, 2.24) is 9.62 Å². The number of carbonyl (C=O) groups is 1. The molecule has 0 aliphatic rings. The van der Waals surface area contributed by atoms with Crippen LogP contribution in [0.4, 0.5) is 10.5 Å². The van der Waals surface area contributed by atoms with E-state index in [0.29, 0.717) is 22.1 Å². The van der Waals surface area contributed by atoms with Gasteiger partial charge in [0.2, 0.25) is 0 Å². The molecule has 170 valence electrons. The summed E-state index contributed by atoms with van der Waals surface area (Å²) in [5.74, 6) is 0.0771. The van der Waals surface area contributed by atoms with Gasteiger partial charge in [-0.15, -0.1) is 5.69 Å². The van der Waals surface area contributed by atoms with Crippen molar-refractivity contribution in [3.8, 4) is 5.75 Å². The Morgan fingerprint density at radius 1 is 1.24 bits per heavy atom. The predicted octanol–water partition coefficient (Wildman–Crippen LogP) is 0.879. The summed E-state index contributed by atoms with van der Waals surface area (Å²) in [5.41, 5.74) is 1.61. The molecule has 3 rings (SSSR count). The van der Waals surface area contributed by atoms with Crippen molar-refractivity contribution in [1.29, 1.82) is 0 Å². The van der Waals surface area contributed by atoms with Crippen molar-refractivity contribution < 1.29 is 73.8 Å². The molecule has 3 aromatic rings. The van der Waals surface area contributed by atoms with Gasteiger partial charge in [-0.3, -0.25) is 0 Å². The number of nitrogens with zero attached hydrogens (tertiary/aromatic N) is 2. The molecule has 0 bridgehead atoms. The van der Waals surface area contributed by atoms with Gasteiger partial charge < -0.3 is 18.8 Å². The van der Waals surface area contributed by atoms with E-state index in [0.717, 1.165) is 0 Å². The van der Waals surface area contributed by atoms with E-state index in [1.165, 1.54) is 32.1 Å². The first-order chi connectivity index (χ1) is 15.0. The average molecular weight is 518 g/mol. The molecular formula is C21H21ClKN3O6S. The molecule has 1 N–H and O–H groups in total. The molecule has 0 radical (unpaired) electrons. The Morgan fingerprint density at radius 2 is 1.94 bits per heavy atom. The summed E-state index contributed by atoms with van der Waals surface area (Å²) in [6.45, 7) is 1.76. The molecule has 0 aliphatic heterocycles. The molecule has 0 fully saturated rings. The van der Waals surface area contributed by atoms with Gasteiger partial charge in [-0.1, -0.05) is 35.9 Å². The molecule has 33 heavy (non-hydrogen) atoms. The van der Waals surface area contributed by atoms with Crippen LogP contribution in [0.2, 0.25) is 5.02 Å². The van der Waals surface area contributed by atoms with Gasteiger partial charge in [-0.05, 0) is 31.2 Å². The summed E-state index contributed by atoms with van der Waals surface area (Å²) < 4.78 is 39.8. The van der Waals surface area contributed by atoms with E-state index in [4.69, 9.17) is 20.8 Å². The minimum absolute atomic E-state index is 0. The number of halogens is 1. The first-order valence-corrected chi connectivity index (χ1v) is 11.2. The largest absolute Gasteiger partial charge is 1.00 e. The molecule has 2 aromatic carbocycles. The summed E-state index contributed by atoms with van der Waals surface area (Å²) in [5, 5.41) is 0.779. The molecule has 1 amide bonds. The summed E-state index contributed by atoms with van der Waals surface area (Å²) in [6, 6.07) is 9.51. The van der Waals surface area contributed by atoms with Gasteiger partial charge in [0.25, 0.3) is 0 Å². The van der Waals surface area contributed by atoms with E-state index in [1.54, 1.807) is 37.3 Å². The zero-order valence-electron chi connectivity index (χ0n) is 18.8. The Kier molecular flexibility index (Phi) is 9.54. The fraction of sp³-hybridized carbons (Fsp3) is 0.238. The maximum Gasteiger partial charge on any atom is 1.00 e. The molecule has 1 aromatic heterocycles. The molecule has 0 atom stereocenters. The van der Waals surface area contributed by atoms with Crippen LogP contribution in [0.15, 0.2) is 45.6 Å². The Balaban J connectivity index is 0.00000385. The number of amides is 1. The standard InChI is InChI=1S/C21H21ClN3O6S.K/c1-12-15-10-17(22)19(31-21(27)25(3)4)11-18(15)30-20(26)16(12)9-13-6-5-7-14(8-13)24-32(28,29)23-2;/h5-8,10-11,23H,9H2,1-4H3;/q-1;+1. The van der Waals surface area contributed by atoms with Crippen LogP contribution in [0, 0.1) is 6.92 Å². The third-order valence-electron chi connectivity index (χ3n) is 4.68. The van der Waals surface area contributed by atoms with Crippen molar-refractivity contribution in [3.63, 3.8) is 0 Å². The summed E-state index contributed by atoms with van der Waals surface area (Å²) >= 11 is 6.28. The summed E-state index contributed by atoms with van der Waals surface area (Å²) in [4.78, 5) is 25.8. The van der Waals surface area contributed by atoms with E-state index < -0.39 is 21.9 Å². The second-order valence-electron chi connectivity index (χ2n) is 7.15. The zero-order valence-corrected chi connectivity index (χ0v) is 23.5. The summed E-state index contributed by atoms with van der Waals surface area (Å²) in [7, 11) is 0.543. The minimum Gasteiger partial charge on any atom is -0.564 e. The molecule has 9 nitrogen and oxygen atoms in total. The molecule has 1 heterocycles. The monoisotopic (exact) mass is 517 g/mol. The van der Waals surface area contributed by atoms with Crippen molar-refractivity contribution in [2.24, 2.45) is 0 Å². The minimum atomic E-state index is -3.79. The maximum atomic E-state index is 12.7. The van der Waals surface area contributed by atoms with Crippen LogP contribution in [0.1, 0.15) is 16.7 Å². The maximum absolute atomic E-state index is 12.7. The van der Waals surface area contributed by atoms with Gasteiger partial charge in [0.05, 0.1) is 5.02 Å². The normalized spacial score (nSPS) is 11.1. The van der Waals surface area contributed by atoms with E-state index in [1.807, 2.05) is 0 Å². The van der Waals surface area contributed by atoms with Gasteiger partial charge in [0.15, 0.2) is 16.0 Å². The van der Waals surface area contributed by atoms with Crippen molar-refractivity contribution >= 4 is 44.6 Å². The molecule has 0 saturated heterocycles. The number of fused-ring (bicyclic) bond motifs is 1. The van der Waals surface area contributed by atoms with Gasteiger partial charge in [-0.2, -0.15) is 0 Å². The van der Waals surface area contributed by atoms with Crippen molar-refractivity contribution in [3.05, 3.63) is 73.3 Å². The summed E-state index contributed by atoms with van der Waals surface area (Å²) in [6.07, 6.45) is -0.422. The van der Waals surface area contributed by atoms with Crippen LogP contribution in [-0.2, 0) is 16.6 Å². The van der Waals surface area contributed by atoms with Crippen LogP contribution in [0.25, 0.3) is 15.7 Å². The fourth-order valence-electron chi connectivity index (χ4n) is 2.97. The van der Waals surface area contributed by atoms with E-state index in [2.05, 4.69) is 9.44 Å². The Bertz CT molecular complexity index is 1360. The molecule has 0 spiro atoms. The van der Waals surface area contributed by atoms with Crippen LogP contribution in [0.5, 0.6) is 5.75 Å². The SMILES string of the molecule is CNS(=O)(=O)[N-]c1cccc(Cc2c(C)c3cc(Cl)c(OC(=O)N(C)C)cc3oc2=O)c1.[K+]. The number of ether oxygens (including phenoxy) is 1. The number of hydrogen-bond donors (Lipinski definition) is 1. The van der Waals surface area contributed by atoms with Crippen molar-refractivity contribution in [2.75, 3.05) is 21.1 Å². The molecular weight excluding hydrogens is 497 g/mol. The molecule has 0 aliphatic carbocycles. The molecule has 0 unspecified atom stereocenters. The van der Waals surface area contributed by atoms with Crippen LogP contribution >= 0.6 is 11.6 Å². The Hall–Kier alpha value is -1.44. The van der Waals surface area contributed by atoms with Crippen molar-refractivity contribution in [2.45, 2.75) is 13.3 Å². The quantitative estimate of drug-likeness (QED) is 0.383. The average Bonchev–Trinajstić information content (AvgIpc) is 2.72. The smallest absolute Gasteiger partial charge is 0.564 e. The second-order valence-corrected chi connectivity index (χ2v) is 9.10. The number of carbonyl (C=O) groups excluding carboxylic acids is 1. The Labute approximate surface area is 239 Å². The second kappa shape index (κ2) is 11.3. The first kappa shape index (κ1) is 27.8. The topological polar surface area (TPSA) is 120 Å². The van der Waals surface area contributed by atoms with Gasteiger partial charge >= 0.3 is 63.1 Å². The van der Waals surface area contributed by atoms with Gasteiger partial charge in [-0.25, -0.2) is 22.7 Å². The number of rotatable bonds is 6.